The van der Waals surface area contributed by atoms with Gasteiger partial charge in [-0.15, -0.1) is 0 Å². The van der Waals surface area contributed by atoms with Gasteiger partial charge >= 0.3 is 0 Å². The van der Waals surface area contributed by atoms with E-state index in [1.54, 1.807) is 6.08 Å². The van der Waals surface area contributed by atoms with Crippen LogP contribution in [0.25, 0.3) is 6.08 Å². The van der Waals surface area contributed by atoms with Gasteiger partial charge in [-0.05, 0) is 49.2 Å². The standard InChI is InChI=1S/C17H14F2O/c1-11-3-4-13(12(2)9-11)5-8-17(20)15-10-14(18)6-7-16(15)19/h3-10H,1-2H3/b8-5+. The molecule has 1 nitrogen and oxygen atoms in total. The third-order valence-corrected chi connectivity index (χ3v) is 3.03. The Balaban J connectivity index is 2.27. The van der Waals surface area contributed by atoms with Gasteiger partial charge in [-0.25, -0.2) is 8.78 Å². The van der Waals surface area contributed by atoms with Crippen molar-refractivity contribution in [2.45, 2.75) is 13.8 Å². The van der Waals surface area contributed by atoms with E-state index in [4.69, 9.17) is 0 Å². The molecule has 0 unspecified atom stereocenters. The third kappa shape index (κ3) is 3.18. The van der Waals surface area contributed by atoms with Crippen molar-refractivity contribution in [3.8, 4) is 0 Å². The fourth-order valence-electron chi connectivity index (χ4n) is 1.95. The summed E-state index contributed by atoms with van der Waals surface area (Å²) in [7, 11) is 0. The molecule has 20 heavy (non-hydrogen) atoms. The van der Waals surface area contributed by atoms with Crippen molar-refractivity contribution in [2.24, 2.45) is 0 Å². The van der Waals surface area contributed by atoms with Crippen LogP contribution in [0.2, 0.25) is 0 Å². The van der Waals surface area contributed by atoms with Crippen LogP contribution < -0.4 is 0 Å². The molecule has 0 amide bonds. The number of rotatable bonds is 3. The van der Waals surface area contributed by atoms with Gasteiger partial charge in [0.15, 0.2) is 5.78 Å². The highest BCUT2D eigenvalue weighted by Crippen LogP contribution is 2.15. The monoisotopic (exact) mass is 272 g/mol. The molecule has 0 radical (unpaired) electrons. The number of ketones is 1. The summed E-state index contributed by atoms with van der Waals surface area (Å²) in [6, 6.07) is 8.65. The second kappa shape index (κ2) is 5.78. The molecule has 2 rings (SSSR count). The molecule has 0 N–H and O–H groups in total. The van der Waals surface area contributed by atoms with Crippen LogP contribution in [-0.4, -0.2) is 5.78 Å². The highest BCUT2D eigenvalue weighted by atomic mass is 19.1. The Labute approximate surface area is 116 Å². The molecule has 3 heteroatoms. The molecule has 0 aliphatic rings. The van der Waals surface area contributed by atoms with Gasteiger partial charge in [0.25, 0.3) is 0 Å². The van der Waals surface area contributed by atoms with Crippen molar-refractivity contribution < 1.29 is 13.6 Å². The molecule has 0 heterocycles. The molecule has 0 bridgehead atoms. The zero-order valence-electron chi connectivity index (χ0n) is 11.3. The van der Waals surface area contributed by atoms with E-state index in [2.05, 4.69) is 0 Å². The number of hydrogen-bond acceptors (Lipinski definition) is 1. The number of carbonyl (C=O) groups is 1. The van der Waals surface area contributed by atoms with Gasteiger partial charge in [0.2, 0.25) is 0 Å². The van der Waals surface area contributed by atoms with E-state index in [0.717, 1.165) is 34.9 Å². The van der Waals surface area contributed by atoms with Gasteiger partial charge < -0.3 is 0 Å². The van der Waals surface area contributed by atoms with Crippen molar-refractivity contribution in [1.82, 2.24) is 0 Å². The van der Waals surface area contributed by atoms with E-state index in [1.807, 2.05) is 32.0 Å². The molecule has 2 aromatic carbocycles. The molecule has 0 aliphatic carbocycles. The zero-order valence-corrected chi connectivity index (χ0v) is 11.3. The highest BCUT2D eigenvalue weighted by molar-refractivity contribution is 6.07. The van der Waals surface area contributed by atoms with Crippen molar-refractivity contribution >= 4 is 11.9 Å². The molecule has 0 saturated carbocycles. The number of carbonyl (C=O) groups excluding carboxylic acids is 1. The number of benzene rings is 2. The van der Waals surface area contributed by atoms with Gasteiger partial charge in [-0.2, -0.15) is 0 Å². The van der Waals surface area contributed by atoms with Crippen LogP contribution in [0.5, 0.6) is 0 Å². The Hall–Kier alpha value is -2.29. The number of allylic oxidation sites excluding steroid dienone is 1. The third-order valence-electron chi connectivity index (χ3n) is 3.03. The summed E-state index contributed by atoms with van der Waals surface area (Å²) in [5.74, 6) is -1.90. The average molecular weight is 272 g/mol. The van der Waals surface area contributed by atoms with Gasteiger partial charge in [0.1, 0.15) is 11.6 Å². The van der Waals surface area contributed by atoms with E-state index < -0.39 is 17.4 Å². The first-order valence-corrected chi connectivity index (χ1v) is 6.22. The van der Waals surface area contributed by atoms with Crippen molar-refractivity contribution in [3.63, 3.8) is 0 Å². The molecule has 0 spiro atoms. The quantitative estimate of drug-likeness (QED) is 0.595. The lowest BCUT2D eigenvalue weighted by Gasteiger charge is -2.02. The molecule has 0 aliphatic heterocycles. The van der Waals surface area contributed by atoms with Crippen molar-refractivity contribution in [3.05, 3.63) is 76.4 Å². The predicted molar refractivity (Wildman–Crippen MR) is 75.6 cm³/mol. The van der Waals surface area contributed by atoms with Crippen molar-refractivity contribution in [2.75, 3.05) is 0 Å². The Morgan fingerprint density at radius 2 is 1.80 bits per heavy atom. The Kier molecular flexibility index (Phi) is 4.08. The fraction of sp³-hybridized carbons (Fsp3) is 0.118. The summed E-state index contributed by atoms with van der Waals surface area (Å²) in [5.41, 5.74) is 2.77. The number of halogens is 2. The maximum atomic E-state index is 13.5. The van der Waals surface area contributed by atoms with Crippen LogP contribution in [0.3, 0.4) is 0 Å². The van der Waals surface area contributed by atoms with Crippen LogP contribution in [0, 0.1) is 25.5 Å². The molecule has 0 fully saturated rings. The van der Waals surface area contributed by atoms with Crippen LogP contribution in [0.15, 0.2) is 42.5 Å². The second-order valence-electron chi connectivity index (χ2n) is 4.68. The lowest BCUT2D eigenvalue weighted by molar-refractivity contribution is 0.104. The Morgan fingerprint density at radius 1 is 1.05 bits per heavy atom. The first-order chi connectivity index (χ1) is 9.47. The minimum Gasteiger partial charge on any atom is -0.289 e. The summed E-state index contributed by atoms with van der Waals surface area (Å²) in [6.07, 6.45) is 2.87. The summed E-state index contributed by atoms with van der Waals surface area (Å²) in [4.78, 5) is 11.9. The smallest absolute Gasteiger partial charge is 0.188 e. The highest BCUT2D eigenvalue weighted by Gasteiger charge is 2.10. The molecule has 2 aromatic rings. The SMILES string of the molecule is Cc1ccc(/C=C/C(=O)c2cc(F)ccc2F)c(C)c1. The van der Waals surface area contributed by atoms with Crippen LogP contribution in [0.4, 0.5) is 8.78 Å². The lowest BCUT2D eigenvalue weighted by atomic mass is 10.0. The van der Waals surface area contributed by atoms with E-state index in [-0.39, 0.29) is 5.56 Å². The van der Waals surface area contributed by atoms with Gasteiger partial charge in [-0.1, -0.05) is 29.8 Å². The maximum Gasteiger partial charge on any atom is 0.188 e. The fourth-order valence-corrected chi connectivity index (χ4v) is 1.95. The number of aryl methyl sites for hydroxylation is 2. The molecule has 0 aromatic heterocycles. The molecule has 0 saturated heterocycles. The van der Waals surface area contributed by atoms with E-state index in [1.165, 1.54) is 6.08 Å². The summed E-state index contributed by atoms with van der Waals surface area (Å²) >= 11 is 0. The van der Waals surface area contributed by atoms with Gasteiger partial charge in [0, 0.05) is 0 Å². The summed E-state index contributed by atoms with van der Waals surface area (Å²) in [5, 5.41) is 0. The average Bonchev–Trinajstić information content (AvgIpc) is 2.40. The topological polar surface area (TPSA) is 17.1 Å². The zero-order chi connectivity index (χ0) is 14.7. The normalized spacial score (nSPS) is 11.0. The second-order valence-corrected chi connectivity index (χ2v) is 4.68. The van der Waals surface area contributed by atoms with Crippen LogP contribution in [-0.2, 0) is 0 Å². The maximum absolute atomic E-state index is 13.5. The van der Waals surface area contributed by atoms with Crippen LogP contribution >= 0.6 is 0 Å². The van der Waals surface area contributed by atoms with E-state index in [9.17, 15) is 13.6 Å². The first kappa shape index (κ1) is 14.1. The molecular formula is C17H14F2O. The Morgan fingerprint density at radius 3 is 2.50 bits per heavy atom. The summed E-state index contributed by atoms with van der Waals surface area (Å²) in [6.45, 7) is 3.91. The predicted octanol–water partition coefficient (Wildman–Crippen LogP) is 4.48. The summed E-state index contributed by atoms with van der Waals surface area (Å²) < 4.78 is 26.5. The molecule has 102 valence electrons. The van der Waals surface area contributed by atoms with Gasteiger partial charge in [0.05, 0.1) is 5.56 Å². The van der Waals surface area contributed by atoms with Gasteiger partial charge in [-0.3, -0.25) is 4.79 Å². The molecular weight excluding hydrogens is 258 g/mol. The van der Waals surface area contributed by atoms with Crippen LogP contribution in [0.1, 0.15) is 27.0 Å². The Bertz CT molecular complexity index is 687. The molecule has 0 atom stereocenters. The largest absolute Gasteiger partial charge is 0.289 e. The van der Waals surface area contributed by atoms with Crippen molar-refractivity contribution in [1.29, 1.82) is 0 Å². The van der Waals surface area contributed by atoms with E-state index >= 15 is 0 Å². The lowest BCUT2D eigenvalue weighted by Crippen LogP contribution is -1.99. The number of hydrogen-bond donors (Lipinski definition) is 0. The minimum atomic E-state index is -0.721. The minimum absolute atomic E-state index is 0.258. The van der Waals surface area contributed by atoms with E-state index in [0.29, 0.717) is 0 Å². The first-order valence-electron chi connectivity index (χ1n) is 6.22.